The topological polar surface area (TPSA) is 133 Å². The molecule has 0 unspecified atom stereocenters. The van der Waals surface area contributed by atoms with Crippen LogP contribution in [0.4, 0.5) is 4.79 Å². The van der Waals surface area contributed by atoms with E-state index in [2.05, 4.69) is 5.32 Å². The molecule has 0 aromatic carbocycles. The first-order valence-corrected chi connectivity index (χ1v) is 7.14. The fraction of sp³-hybridized carbons (Fsp3) is 0.769. The van der Waals surface area contributed by atoms with E-state index in [-0.39, 0.29) is 32.0 Å². The zero-order chi connectivity index (χ0) is 15.8. The van der Waals surface area contributed by atoms with Crippen molar-refractivity contribution in [3.63, 3.8) is 0 Å². The molecule has 1 atom stereocenters. The average molecular weight is 301 g/mol. The smallest absolute Gasteiger partial charge is 0.326 e. The Hall–Kier alpha value is -1.83. The van der Waals surface area contributed by atoms with Gasteiger partial charge < -0.3 is 26.2 Å². The van der Waals surface area contributed by atoms with E-state index < -0.39 is 23.9 Å². The largest absolute Gasteiger partial charge is 0.480 e. The van der Waals surface area contributed by atoms with Gasteiger partial charge in [-0.25, -0.2) is 9.59 Å². The molecular formula is C13H23N3O5. The molecule has 1 aliphatic rings. The van der Waals surface area contributed by atoms with Crippen molar-refractivity contribution in [2.45, 2.75) is 50.6 Å². The van der Waals surface area contributed by atoms with Gasteiger partial charge in [-0.3, -0.25) is 4.79 Å². The van der Waals surface area contributed by atoms with Gasteiger partial charge in [0.2, 0.25) is 5.91 Å². The zero-order valence-corrected chi connectivity index (χ0v) is 12.0. The van der Waals surface area contributed by atoms with Crippen LogP contribution in [0.2, 0.25) is 0 Å². The molecule has 0 spiro atoms. The van der Waals surface area contributed by atoms with Crippen LogP contribution in [0.3, 0.4) is 0 Å². The van der Waals surface area contributed by atoms with Crippen LogP contribution in [-0.2, 0) is 9.59 Å². The van der Waals surface area contributed by atoms with Crippen molar-refractivity contribution in [2.24, 2.45) is 5.73 Å². The van der Waals surface area contributed by atoms with Crippen LogP contribution in [0.1, 0.15) is 38.5 Å². The number of aliphatic hydroxyl groups excluding tert-OH is 1. The van der Waals surface area contributed by atoms with Crippen LogP contribution in [0.25, 0.3) is 0 Å². The third kappa shape index (κ3) is 5.58. The van der Waals surface area contributed by atoms with Crippen molar-refractivity contribution in [1.29, 1.82) is 0 Å². The SMILES string of the molecule is NC(=O)CC[C@H](NC(=O)N(CCO)C1CCCC1)C(=O)O. The number of aliphatic hydroxyl groups is 1. The number of carboxylic acid groups (broad SMARTS) is 1. The molecule has 1 saturated carbocycles. The molecule has 0 bridgehead atoms. The fourth-order valence-corrected chi connectivity index (χ4v) is 2.55. The molecule has 1 aliphatic carbocycles. The lowest BCUT2D eigenvalue weighted by Gasteiger charge is -2.29. The second-order valence-corrected chi connectivity index (χ2v) is 5.20. The minimum Gasteiger partial charge on any atom is -0.480 e. The third-order valence-electron chi connectivity index (χ3n) is 3.64. The summed E-state index contributed by atoms with van der Waals surface area (Å²) < 4.78 is 0. The second-order valence-electron chi connectivity index (χ2n) is 5.20. The predicted molar refractivity (Wildman–Crippen MR) is 74.4 cm³/mol. The van der Waals surface area contributed by atoms with E-state index in [4.69, 9.17) is 15.9 Å². The van der Waals surface area contributed by atoms with Gasteiger partial charge in [0.15, 0.2) is 0 Å². The zero-order valence-electron chi connectivity index (χ0n) is 12.0. The highest BCUT2D eigenvalue weighted by Crippen LogP contribution is 2.23. The van der Waals surface area contributed by atoms with Crippen molar-refractivity contribution < 1.29 is 24.6 Å². The van der Waals surface area contributed by atoms with Crippen molar-refractivity contribution in [3.05, 3.63) is 0 Å². The summed E-state index contributed by atoms with van der Waals surface area (Å²) in [4.78, 5) is 35.5. The van der Waals surface area contributed by atoms with E-state index in [1.165, 1.54) is 4.90 Å². The highest BCUT2D eigenvalue weighted by Gasteiger charge is 2.29. The highest BCUT2D eigenvalue weighted by molar-refractivity contribution is 5.83. The van der Waals surface area contributed by atoms with Crippen LogP contribution >= 0.6 is 0 Å². The summed E-state index contributed by atoms with van der Waals surface area (Å²) in [5.74, 6) is -1.82. The van der Waals surface area contributed by atoms with Crippen LogP contribution in [0.15, 0.2) is 0 Å². The van der Waals surface area contributed by atoms with Crippen molar-refractivity contribution in [2.75, 3.05) is 13.2 Å². The summed E-state index contributed by atoms with van der Waals surface area (Å²) in [7, 11) is 0. The van der Waals surface area contributed by atoms with Crippen molar-refractivity contribution in [3.8, 4) is 0 Å². The quantitative estimate of drug-likeness (QED) is 0.486. The van der Waals surface area contributed by atoms with Gasteiger partial charge in [-0.1, -0.05) is 12.8 Å². The van der Waals surface area contributed by atoms with Gasteiger partial charge in [0.05, 0.1) is 6.61 Å². The van der Waals surface area contributed by atoms with Gasteiger partial charge in [0.1, 0.15) is 6.04 Å². The molecule has 0 aromatic heterocycles. The van der Waals surface area contributed by atoms with Crippen LogP contribution in [-0.4, -0.2) is 58.3 Å². The number of nitrogens with one attached hydrogen (secondary N) is 1. The minimum absolute atomic E-state index is 0.0303. The van der Waals surface area contributed by atoms with Gasteiger partial charge in [0.25, 0.3) is 0 Å². The summed E-state index contributed by atoms with van der Waals surface area (Å²) in [5, 5.41) is 20.5. The molecule has 0 saturated heterocycles. The predicted octanol–water partition coefficient (Wildman–Crippen LogP) is -0.348. The number of aliphatic carboxylic acids is 1. The Morgan fingerprint density at radius 3 is 2.38 bits per heavy atom. The molecule has 8 nitrogen and oxygen atoms in total. The monoisotopic (exact) mass is 301 g/mol. The number of nitrogens with two attached hydrogens (primary N) is 1. The Morgan fingerprint density at radius 1 is 1.29 bits per heavy atom. The third-order valence-corrected chi connectivity index (χ3v) is 3.64. The maximum atomic E-state index is 12.2. The number of carbonyl (C=O) groups is 3. The minimum atomic E-state index is -1.21. The lowest BCUT2D eigenvalue weighted by molar-refractivity contribution is -0.139. The number of carbonyl (C=O) groups excluding carboxylic acids is 2. The molecule has 5 N–H and O–H groups in total. The van der Waals surface area contributed by atoms with Gasteiger partial charge in [-0.2, -0.15) is 0 Å². The summed E-state index contributed by atoms with van der Waals surface area (Å²) in [6, 6.07) is -1.65. The van der Waals surface area contributed by atoms with E-state index >= 15 is 0 Å². The van der Waals surface area contributed by atoms with Gasteiger partial charge in [-0.15, -0.1) is 0 Å². The van der Waals surface area contributed by atoms with Crippen molar-refractivity contribution >= 4 is 17.9 Å². The number of carboxylic acids is 1. The van der Waals surface area contributed by atoms with Crippen LogP contribution < -0.4 is 11.1 Å². The molecule has 21 heavy (non-hydrogen) atoms. The Bertz CT molecular complexity index is 382. The highest BCUT2D eigenvalue weighted by atomic mass is 16.4. The molecule has 0 aromatic rings. The van der Waals surface area contributed by atoms with E-state index in [9.17, 15) is 14.4 Å². The molecule has 3 amide bonds. The number of hydrogen-bond donors (Lipinski definition) is 4. The van der Waals surface area contributed by atoms with Gasteiger partial charge >= 0.3 is 12.0 Å². The van der Waals surface area contributed by atoms with Gasteiger partial charge in [-0.05, 0) is 19.3 Å². The molecular weight excluding hydrogens is 278 g/mol. The Labute approximate surface area is 123 Å². The molecule has 0 aliphatic heterocycles. The molecule has 1 fully saturated rings. The van der Waals surface area contributed by atoms with E-state index in [1.54, 1.807) is 0 Å². The molecule has 0 heterocycles. The molecule has 0 radical (unpaired) electrons. The Kier molecular flexibility index (Phi) is 6.93. The first-order chi connectivity index (χ1) is 9.95. The second kappa shape index (κ2) is 8.46. The lowest BCUT2D eigenvalue weighted by atomic mass is 10.1. The lowest BCUT2D eigenvalue weighted by Crippen LogP contribution is -2.51. The first-order valence-electron chi connectivity index (χ1n) is 7.14. The molecule has 1 rings (SSSR count). The van der Waals surface area contributed by atoms with Crippen LogP contribution in [0.5, 0.6) is 0 Å². The molecule has 120 valence electrons. The van der Waals surface area contributed by atoms with E-state index in [0.29, 0.717) is 0 Å². The van der Waals surface area contributed by atoms with Crippen LogP contribution in [0, 0.1) is 0 Å². The number of nitrogens with zero attached hydrogens (tertiary/aromatic N) is 1. The maximum Gasteiger partial charge on any atom is 0.326 e. The average Bonchev–Trinajstić information content (AvgIpc) is 2.93. The maximum absolute atomic E-state index is 12.2. The Balaban J connectivity index is 2.63. The summed E-state index contributed by atoms with van der Waals surface area (Å²) in [5.41, 5.74) is 4.99. The first kappa shape index (κ1) is 17.2. The van der Waals surface area contributed by atoms with Crippen molar-refractivity contribution in [1.82, 2.24) is 10.2 Å². The molecule has 8 heteroatoms. The number of hydrogen-bond acceptors (Lipinski definition) is 4. The number of urea groups is 1. The fourth-order valence-electron chi connectivity index (χ4n) is 2.55. The van der Waals surface area contributed by atoms with E-state index in [0.717, 1.165) is 25.7 Å². The summed E-state index contributed by atoms with van der Waals surface area (Å²) in [6.45, 7) is -0.0123. The normalized spacial score (nSPS) is 16.4. The Morgan fingerprint density at radius 2 is 1.90 bits per heavy atom. The van der Waals surface area contributed by atoms with E-state index in [1.807, 2.05) is 0 Å². The number of primary amides is 1. The number of rotatable bonds is 8. The standard InChI is InChI=1S/C13H23N3O5/c14-11(18)6-5-10(12(19)20)15-13(21)16(7-8-17)9-3-1-2-4-9/h9-10,17H,1-8H2,(H2,14,18)(H,15,21)(H,19,20)/t10-/m0/s1. The summed E-state index contributed by atoms with van der Waals surface area (Å²) in [6.07, 6.45) is 3.58. The van der Waals surface area contributed by atoms with Gasteiger partial charge in [0, 0.05) is 19.0 Å². The summed E-state index contributed by atoms with van der Waals surface area (Å²) >= 11 is 0. The number of amides is 3.